The van der Waals surface area contributed by atoms with Gasteiger partial charge in [-0.1, -0.05) is 12.2 Å². The molecule has 0 atom stereocenters. The van der Waals surface area contributed by atoms with Crippen molar-refractivity contribution in [2.24, 2.45) is 5.73 Å². The summed E-state index contributed by atoms with van der Waals surface area (Å²) >= 11 is 4.65. The molecule has 0 bridgehead atoms. The minimum Gasteiger partial charge on any atom is -0.389 e. The van der Waals surface area contributed by atoms with Crippen LogP contribution in [0, 0.1) is 11.6 Å². The Hall–Kier alpha value is -1.27. The molecule has 1 rings (SSSR count). The highest BCUT2D eigenvalue weighted by atomic mass is 32.1. The molecule has 106 valence electrons. The van der Waals surface area contributed by atoms with E-state index in [1.54, 1.807) is 11.9 Å². The van der Waals surface area contributed by atoms with Crippen molar-refractivity contribution in [1.82, 2.24) is 0 Å². The molecule has 0 aliphatic heterocycles. The number of hydrogen-bond donors (Lipinski definition) is 1. The molecule has 0 fully saturated rings. The summed E-state index contributed by atoms with van der Waals surface area (Å²) in [6.07, 6.45) is 0.104. The van der Waals surface area contributed by atoms with Gasteiger partial charge >= 0.3 is 0 Å². The van der Waals surface area contributed by atoms with Gasteiger partial charge in [-0.05, 0) is 26.0 Å². The first-order valence-electron chi connectivity index (χ1n) is 5.95. The van der Waals surface area contributed by atoms with Crippen LogP contribution in [0.15, 0.2) is 12.1 Å². The number of hydrogen-bond acceptors (Lipinski definition) is 3. The minimum atomic E-state index is -1.01. The van der Waals surface area contributed by atoms with Gasteiger partial charge in [0, 0.05) is 19.2 Å². The smallest absolute Gasteiger partial charge is 0.182 e. The van der Waals surface area contributed by atoms with E-state index >= 15 is 0 Å². The van der Waals surface area contributed by atoms with Crippen molar-refractivity contribution in [3.63, 3.8) is 0 Å². The van der Waals surface area contributed by atoms with Crippen molar-refractivity contribution in [3.05, 3.63) is 29.3 Å². The van der Waals surface area contributed by atoms with Gasteiger partial charge < -0.3 is 15.4 Å². The average molecular weight is 288 g/mol. The fraction of sp³-hybridized carbons (Fsp3) is 0.462. The molecule has 0 unspecified atom stereocenters. The molecule has 19 heavy (non-hydrogen) atoms. The molecular weight excluding hydrogens is 270 g/mol. The monoisotopic (exact) mass is 288 g/mol. The van der Waals surface area contributed by atoms with Crippen LogP contribution < -0.4 is 10.6 Å². The molecule has 1 aromatic carbocycles. The van der Waals surface area contributed by atoms with Crippen LogP contribution in [0.25, 0.3) is 0 Å². The number of nitrogens with two attached hydrogens (primary N) is 1. The van der Waals surface area contributed by atoms with Gasteiger partial charge in [0.15, 0.2) is 11.6 Å². The number of anilines is 1. The van der Waals surface area contributed by atoms with Gasteiger partial charge in [-0.15, -0.1) is 0 Å². The molecule has 0 aliphatic rings. The Morgan fingerprint density at radius 2 is 2.00 bits per heavy atom. The molecule has 0 heterocycles. The Bertz CT molecular complexity index is 466. The third-order valence-electron chi connectivity index (χ3n) is 2.62. The summed E-state index contributed by atoms with van der Waals surface area (Å²) in [6, 6.07) is 2.85. The van der Waals surface area contributed by atoms with Crippen molar-refractivity contribution in [3.8, 4) is 0 Å². The Morgan fingerprint density at radius 3 is 2.53 bits per heavy atom. The molecule has 6 heteroatoms. The van der Waals surface area contributed by atoms with Crippen molar-refractivity contribution < 1.29 is 13.5 Å². The third-order valence-corrected chi connectivity index (χ3v) is 2.84. The molecule has 2 N–H and O–H groups in total. The van der Waals surface area contributed by atoms with Crippen LogP contribution >= 0.6 is 12.2 Å². The van der Waals surface area contributed by atoms with Gasteiger partial charge in [0.05, 0.1) is 18.4 Å². The van der Waals surface area contributed by atoms with Crippen molar-refractivity contribution in [2.45, 2.75) is 20.0 Å². The Labute approximate surface area is 117 Å². The van der Waals surface area contributed by atoms with Crippen LogP contribution in [0.1, 0.15) is 19.4 Å². The summed E-state index contributed by atoms with van der Waals surface area (Å²) in [7, 11) is 1.67. The van der Waals surface area contributed by atoms with Crippen LogP contribution in [0.2, 0.25) is 0 Å². The number of rotatable bonds is 6. The summed E-state index contributed by atoms with van der Waals surface area (Å²) in [5.41, 5.74) is 5.39. The lowest BCUT2D eigenvalue weighted by Gasteiger charge is -2.21. The first-order valence-corrected chi connectivity index (χ1v) is 6.36. The Balaban J connectivity index is 2.84. The lowest BCUT2D eigenvalue weighted by molar-refractivity contribution is 0.0845. The lowest BCUT2D eigenvalue weighted by Crippen LogP contribution is -2.25. The maximum absolute atomic E-state index is 13.9. The Kier molecular flexibility index (Phi) is 5.62. The second-order valence-electron chi connectivity index (χ2n) is 4.47. The van der Waals surface area contributed by atoms with Crippen LogP contribution in [0.3, 0.4) is 0 Å². The van der Waals surface area contributed by atoms with E-state index in [0.29, 0.717) is 13.2 Å². The second-order valence-corrected chi connectivity index (χ2v) is 4.91. The third kappa shape index (κ3) is 4.11. The number of benzene rings is 1. The van der Waals surface area contributed by atoms with Crippen LogP contribution in [-0.4, -0.2) is 31.3 Å². The van der Waals surface area contributed by atoms with Gasteiger partial charge in [0.2, 0.25) is 0 Å². The maximum atomic E-state index is 13.9. The zero-order chi connectivity index (χ0) is 14.6. The number of likely N-dealkylation sites (N-methyl/N-ethyl adjacent to an activating group) is 1. The van der Waals surface area contributed by atoms with Crippen molar-refractivity contribution >= 4 is 22.9 Å². The van der Waals surface area contributed by atoms with Crippen molar-refractivity contribution in [2.75, 3.05) is 25.1 Å². The first-order chi connectivity index (χ1) is 8.84. The van der Waals surface area contributed by atoms with E-state index in [9.17, 15) is 8.78 Å². The molecule has 0 spiro atoms. The predicted octanol–water partition coefficient (Wildman–Crippen LogP) is 2.46. The number of halogens is 2. The molecular formula is C13H18F2N2OS. The molecule has 0 aromatic heterocycles. The highest BCUT2D eigenvalue weighted by Crippen LogP contribution is 2.23. The van der Waals surface area contributed by atoms with Crippen LogP contribution in [-0.2, 0) is 4.74 Å². The summed E-state index contributed by atoms with van der Waals surface area (Å²) in [5, 5.41) is 0. The van der Waals surface area contributed by atoms with E-state index in [2.05, 4.69) is 12.2 Å². The lowest BCUT2D eigenvalue weighted by atomic mass is 10.1. The maximum Gasteiger partial charge on any atom is 0.182 e. The molecule has 0 saturated carbocycles. The van der Waals surface area contributed by atoms with Crippen LogP contribution in [0.5, 0.6) is 0 Å². The fourth-order valence-corrected chi connectivity index (χ4v) is 1.73. The van der Waals surface area contributed by atoms with Gasteiger partial charge in [-0.25, -0.2) is 8.78 Å². The molecule has 0 aliphatic carbocycles. The largest absolute Gasteiger partial charge is 0.389 e. The quantitative estimate of drug-likeness (QED) is 0.816. The van der Waals surface area contributed by atoms with E-state index in [0.717, 1.165) is 0 Å². The van der Waals surface area contributed by atoms with Gasteiger partial charge in [-0.3, -0.25) is 0 Å². The number of ether oxygens (including phenoxy) is 1. The highest BCUT2D eigenvalue weighted by Gasteiger charge is 2.17. The molecule has 0 saturated heterocycles. The molecule has 3 nitrogen and oxygen atoms in total. The van der Waals surface area contributed by atoms with E-state index in [1.165, 1.54) is 12.1 Å². The average Bonchev–Trinajstić information content (AvgIpc) is 2.31. The highest BCUT2D eigenvalue weighted by molar-refractivity contribution is 7.80. The summed E-state index contributed by atoms with van der Waals surface area (Å²) < 4.78 is 33.0. The van der Waals surface area contributed by atoms with Gasteiger partial charge in [0.25, 0.3) is 0 Å². The standard InChI is InChI=1S/C13H18F2N2OS/c1-8(2)18-7-6-17(3)10-5-4-9(13(16)19)11(14)12(10)15/h4-5,8H,6-7H2,1-3H3,(H2,16,19). The number of nitrogens with zero attached hydrogens (tertiary/aromatic N) is 1. The molecule has 1 aromatic rings. The topological polar surface area (TPSA) is 38.5 Å². The summed E-state index contributed by atoms with van der Waals surface area (Å²) in [4.78, 5) is 1.43. The van der Waals surface area contributed by atoms with E-state index < -0.39 is 11.6 Å². The van der Waals surface area contributed by atoms with E-state index in [1.807, 2.05) is 13.8 Å². The molecule has 0 radical (unpaired) electrons. The first kappa shape index (κ1) is 15.8. The zero-order valence-corrected chi connectivity index (χ0v) is 12.1. The summed E-state index contributed by atoms with van der Waals surface area (Å²) in [5.74, 6) is -1.96. The molecule has 0 amide bonds. The van der Waals surface area contributed by atoms with E-state index in [-0.39, 0.29) is 22.3 Å². The van der Waals surface area contributed by atoms with Gasteiger partial charge in [-0.2, -0.15) is 0 Å². The fourth-order valence-electron chi connectivity index (χ4n) is 1.57. The van der Waals surface area contributed by atoms with Crippen molar-refractivity contribution in [1.29, 1.82) is 0 Å². The van der Waals surface area contributed by atoms with Gasteiger partial charge in [0.1, 0.15) is 4.99 Å². The van der Waals surface area contributed by atoms with E-state index in [4.69, 9.17) is 10.5 Å². The second kappa shape index (κ2) is 6.77. The van der Waals surface area contributed by atoms with Crippen LogP contribution in [0.4, 0.5) is 14.5 Å². The zero-order valence-electron chi connectivity index (χ0n) is 11.2. The minimum absolute atomic E-state index is 0.0805. The summed E-state index contributed by atoms with van der Waals surface area (Å²) in [6.45, 7) is 4.72. The normalized spacial score (nSPS) is 10.8. The number of thiocarbonyl (C=S) groups is 1. The predicted molar refractivity (Wildman–Crippen MR) is 76.6 cm³/mol. The Morgan fingerprint density at radius 1 is 1.37 bits per heavy atom. The SMILES string of the molecule is CC(C)OCCN(C)c1ccc(C(N)=S)c(F)c1F.